The first-order valence-electron chi connectivity index (χ1n) is 2.96. The second-order valence-corrected chi connectivity index (χ2v) is 3.16. The van der Waals surface area contributed by atoms with Gasteiger partial charge in [-0.1, -0.05) is 11.8 Å². The normalized spacial score (nSPS) is 24.1. The van der Waals surface area contributed by atoms with Crippen molar-refractivity contribution in [2.45, 2.75) is 5.50 Å². The van der Waals surface area contributed by atoms with E-state index in [2.05, 4.69) is 5.43 Å². The van der Waals surface area contributed by atoms with E-state index in [-0.39, 0.29) is 5.50 Å². The van der Waals surface area contributed by atoms with E-state index in [4.69, 9.17) is 16.8 Å². The van der Waals surface area contributed by atoms with Crippen LogP contribution in [0.15, 0.2) is 10.7 Å². The van der Waals surface area contributed by atoms with Crippen molar-refractivity contribution in [1.29, 1.82) is 5.26 Å². The molecule has 0 saturated heterocycles. The van der Waals surface area contributed by atoms with Crippen molar-refractivity contribution < 1.29 is 0 Å². The van der Waals surface area contributed by atoms with Crippen LogP contribution in [0.4, 0.5) is 0 Å². The maximum absolute atomic E-state index is 8.56. The van der Waals surface area contributed by atoms with Crippen LogP contribution in [0.5, 0.6) is 0 Å². The topological polar surface area (TPSA) is 91.1 Å². The second-order valence-electron chi connectivity index (χ2n) is 2.07. The molecule has 1 unspecified atom stereocenters. The first-order chi connectivity index (χ1) is 5.20. The molecule has 1 rings (SSSR count). The molecule has 0 aliphatic carbocycles. The maximum atomic E-state index is 8.56. The third-order valence-corrected chi connectivity index (χ3v) is 2.65. The minimum Gasteiger partial charge on any atom is -0.384 e. The molecular weight excluding hydrogens is 162 g/mol. The van der Waals surface area contributed by atoms with Crippen LogP contribution in [-0.4, -0.2) is 17.4 Å². The summed E-state index contributed by atoms with van der Waals surface area (Å²) >= 11 is 1.31. The molecule has 0 aromatic carbocycles. The van der Waals surface area contributed by atoms with Gasteiger partial charge in [0.15, 0.2) is 0 Å². The van der Waals surface area contributed by atoms with Gasteiger partial charge in [0.25, 0.3) is 0 Å². The highest BCUT2D eigenvalue weighted by Gasteiger charge is 2.26. The molecule has 0 saturated carbocycles. The Morgan fingerprint density at radius 2 is 2.45 bits per heavy atom. The Labute approximate surface area is 69.0 Å². The molecular formula is C5H9N5S. The Bertz CT molecular complexity index is 230. The zero-order chi connectivity index (χ0) is 8.43. The highest BCUT2D eigenvalue weighted by Crippen LogP contribution is 2.31. The van der Waals surface area contributed by atoms with Gasteiger partial charge in [-0.2, -0.15) is 5.26 Å². The van der Waals surface area contributed by atoms with E-state index < -0.39 is 0 Å². The molecule has 0 amide bonds. The number of rotatable bonds is 1. The smallest absolute Gasteiger partial charge is 0.146 e. The zero-order valence-electron chi connectivity index (χ0n) is 6.03. The molecule has 0 fully saturated rings. The van der Waals surface area contributed by atoms with Gasteiger partial charge < -0.3 is 10.6 Å². The number of nitriles is 1. The van der Waals surface area contributed by atoms with Crippen molar-refractivity contribution in [2.24, 2.45) is 11.6 Å². The average Bonchev–Trinajstić information content (AvgIpc) is 2.30. The van der Waals surface area contributed by atoms with E-state index in [1.807, 2.05) is 6.07 Å². The van der Waals surface area contributed by atoms with Crippen molar-refractivity contribution >= 4 is 11.8 Å². The van der Waals surface area contributed by atoms with Crippen LogP contribution < -0.4 is 17.0 Å². The van der Waals surface area contributed by atoms with E-state index in [1.165, 1.54) is 11.8 Å². The summed E-state index contributed by atoms with van der Waals surface area (Å²) in [6, 6.07) is 1.99. The lowest BCUT2D eigenvalue weighted by Gasteiger charge is -2.20. The first kappa shape index (κ1) is 8.20. The number of hydrogen-bond acceptors (Lipinski definition) is 6. The van der Waals surface area contributed by atoms with Crippen LogP contribution in [0.25, 0.3) is 0 Å². The molecule has 0 aromatic rings. The Morgan fingerprint density at radius 3 is 2.73 bits per heavy atom. The molecule has 11 heavy (non-hydrogen) atoms. The molecule has 0 spiro atoms. The summed E-state index contributed by atoms with van der Waals surface area (Å²) in [5, 5.41) is 8.56. The summed E-state index contributed by atoms with van der Waals surface area (Å²) in [4.78, 5) is 2.22. The van der Waals surface area contributed by atoms with Crippen LogP contribution in [0.3, 0.4) is 0 Å². The Morgan fingerprint density at radius 1 is 1.82 bits per heavy atom. The van der Waals surface area contributed by atoms with Gasteiger partial charge in [-0.05, 0) is 0 Å². The van der Waals surface area contributed by atoms with Gasteiger partial charge in [-0.3, -0.25) is 5.84 Å². The SMILES string of the molecule is CN1C(N)=C(C#N)SC1NN. The van der Waals surface area contributed by atoms with Crippen LogP contribution in [0.2, 0.25) is 0 Å². The van der Waals surface area contributed by atoms with E-state index in [1.54, 1.807) is 11.9 Å². The van der Waals surface area contributed by atoms with Crippen molar-refractivity contribution in [3.8, 4) is 6.07 Å². The predicted octanol–water partition coefficient (Wildman–Crippen LogP) is -0.937. The van der Waals surface area contributed by atoms with Crippen molar-refractivity contribution in [3.05, 3.63) is 10.7 Å². The molecule has 1 atom stereocenters. The monoisotopic (exact) mass is 171 g/mol. The molecule has 0 radical (unpaired) electrons. The number of thioether (sulfide) groups is 1. The molecule has 0 aromatic heterocycles. The van der Waals surface area contributed by atoms with Gasteiger partial charge in [0.2, 0.25) is 0 Å². The van der Waals surface area contributed by atoms with Crippen LogP contribution >= 0.6 is 11.8 Å². The molecule has 60 valence electrons. The third kappa shape index (κ3) is 1.26. The van der Waals surface area contributed by atoms with Crippen LogP contribution in [0, 0.1) is 11.3 Å². The van der Waals surface area contributed by atoms with E-state index in [0.717, 1.165) is 0 Å². The number of nitrogens with zero attached hydrogens (tertiary/aromatic N) is 2. The van der Waals surface area contributed by atoms with Gasteiger partial charge in [-0.25, -0.2) is 5.43 Å². The fraction of sp³-hybridized carbons (Fsp3) is 0.400. The summed E-state index contributed by atoms with van der Waals surface area (Å²) < 4.78 is 0. The highest BCUT2D eigenvalue weighted by molar-refractivity contribution is 8.04. The minimum atomic E-state index is -0.121. The lowest BCUT2D eigenvalue weighted by molar-refractivity contribution is 0.353. The van der Waals surface area contributed by atoms with Crippen LogP contribution in [0.1, 0.15) is 0 Å². The summed E-state index contributed by atoms with van der Waals surface area (Å²) in [5.41, 5.74) is 7.97. The molecule has 1 aliphatic rings. The van der Waals surface area contributed by atoms with E-state index >= 15 is 0 Å². The minimum absolute atomic E-state index is 0.121. The molecule has 0 bridgehead atoms. The maximum Gasteiger partial charge on any atom is 0.146 e. The number of hydrogen-bond donors (Lipinski definition) is 3. The molecule has 5 N–H and O–H groups in total. The lowest BCUT2D eigenvalue weighted by atomic mass is 10.5. The standard InChI is InChI=1S/C5H9N5S/c1-10-4(7)3(2-6)11-5(10)9-8/h5,9H,7-8H2,1H3. The van der Waals surface area contributed by atoms with Crippen LogP contribution in [-0.2, 0) is 0 Å². The van der Waals surface area contributed by atoms with Crippen molar-refractivity contribution in [1.82, 2.24) is 10.3 Å². The van der Waals surface area contributed by atoms with Gasteiger partial charge in [0.05, 0.1) is 0 Å². The number of nitrogens with two attached hydrogens (primary N) is 2. The number of allylic oxidation sites excluding steroid dienone is 1. The Hall–Kier alpha value is -0.900. The molecule has 1 heterocycles. The lowest BCUT2D eigenvalue weighted by Crippen LogP contribution is -2.42. The highest BCUT2D eigenvalue weighted by atomic mass is 32.2. The molecule has 5 nitrogen and oxygen atoms in total. The Kier molecular flexibility index (Phi) is 2.24. The summed E-state index contributed by atoms with van der Waals surface area (Å²) in [6.07, 6.45) is 0. The quantitative estimate of drug-likeness (QED) is 0.348. The Balaban J connectivity index is 2.79. The summed E-state index contributed by atoms with van der Waals surface area (Å²) in [6.45, 7) is 0. The largest absolute Gasteiger partial charge is 0.384 e. The van der Waals surface area contributed by atoms with Gasteiger partial charge >= 0.3 is 0 Å². The van der Waals surface area contributed by atoms with E-state index in [9.17, 15) is 0 Å². The fourth-order valence-corrected chi connectivity index (χ4v) is 1.65. The summed E-state index contributed by atoms with van der Waals surface area (Å²) in [5.74, 6) is 5.67. The third-order valence-electron chi connectivity index (χ3n) is 1.44. The average molecular weight is 171 g/mol. The van der Waals surface area contributed by atoms with Gasteiger partial charge in [0, 0.05) is 7.05 Å². The van der Waals surface area contributed by atoms with Gasteiger partial charge in [0.1, 0.15) is 22.3 Å². The molecule has 1 aliphatic heterocycles. The second kappa shape index (κ2) is 3.00. The number of nitrogens with one attached hydrogen (secondary N) is 1. The fourth-order valence-electron chi connectivity index (χ4n) is 0.767. The zero-order valence-corrected chi connectivity index (χ0v) is 6.85. The molecule has 6 heteroatoms. The summed E-state index contributed by atoms with van der Waals surface area (Å²) in [7, 11) is 1.78. The first-order valence-corrected chi connectivity index (χ1v) is 3.84. The van der Waals surface area contributed by atoms with Crippen molar-refractivity contribution in [3.63, 3.8) is 0 Å². The van der Waals surface area contributed by atoms with Crippen molar-refractivity contribution in [2.75, 3.05) is 7.05 Å². The van der Waals surface area contributed by atoms with Gasteiger partial charge in [-0.15, -0.1) is 0 Å². The van der Waals surface area contributed by atoms with E-state index in [0.29, 0.717) is 10.7 Å². The number of hydrazine groups is 1. The predicted molar refractivity (Wildman–Crippen MR) is 43.3 cm³/mol.